The number of rotatable bonds is 3. The number of nitriles is 2. The molecule has 0 amide bonds. The van der Waals surface area contributed by atoms with E-state index in [9.17, 15) is 0 Å². The summed E-state index contributed by atoms with van der Waals surface area (Å²) in [5, 5.41) is 17.8. The first kappa shape index (κ1) is 12.6. The molecular formula is C15H12N4. The van der Waals surface area contributed by atoms with Crippen molar-refractivity contribution in [1.82, 2.24) is 4.98 Å². The van der Waals surface area contributed by atoms with Gasteiger partial charge in [-0.15, -0.1) is 0 Å². The second-order valence-corrected chi connectivity index (χ2v) is 4.14. The van der Waals surface area contributed by atoms with Gasteiger partial charge in [0.2, 0.25) is 0 Å². The molecule has 0 N–H and O–H groups in total. The Morgan fingerprint density at radius 2 is 1.84 bits per heavy atom. The number of hydrogen-bond donors (Lipinski definition) is 0. The van der Waals surface area contributed by atoms with Crippen LogP contribution in [0.1, 0.15) is 16.8 Å². The van der Waals surface area contributed by atoms with Crippen LogP contribution < -0.4 is 4.90 Å². The molecule has 0 aliphatic rings. The largest absolute Gasteiger partial charge is 0.370 e. The Balaban J connectivity index is 2.19. The van der Waals surface area contributed by atoms with E-state index in [1.165, 1.54) is 0 Å². The molecule has 0 spiro atoms. The van der Waals surface area contributed by atoms with E-state index in [-0.39, 0.29) is 0 Å². The molecule has 0 bridgehead atoms. The molecule has 1 aromatic heterocycles. The van der Waals surface area contributed by atoms with Crippen LogP contribution in [0.5, 0.6) is 0 Å². The van der Waals surface area contributed by atoms with E-state index in [0.29, 0.717) is 17.8 Å². The zero-order chi connectivity index (χ0) is 13.7. The zero-order valence-electron chi connectivity index (χ0n) is 10.5. The second-order valence-electron chi connectivity index (χ2n) is 4.14. The number of benzene rings is 1. The second kappa shape index (κ2) is 5.66. The molecule has 0 atom stereocenters. The van der Waals surface area contributed by atoms with Crippen LogP contribution in [0.15, 0.2) is 42.6 Å². The summed E-state index contributed by atoms with van der Waals surface area (Å²) < 4.78 is 0. The van der Waals surface area contributed by atoms with E-state index >= 15 is 0 Å². The maximum absolute atomic E-state index is 9.00. The number of aromatic nitrogens is 1. The fourth-order valence-electron chi connectivity index (χ4n) is 1.80. The first-order valence-corrected chi connectivity index (χ1v) is 5.80. The summed E-state index contributed by atoms with van der Waals surface area (Å²) in [5.41, 5.74) is 2.96. The quantitative estimate of drug-likeness (QED) is 0.837. The molecule has 0 aliphatic carbocycles. The van der Waals surface area contributed by atoms with Gasteiger partial charge in [0.1, 0.15) is 11.8 Å². The third-order valence-corrected chi connectivity index (χ3v) is 2.84. The Bertz CT molecular complexity index is 647. The fourth-order valence-corrected chi connectivity index (χ4v) is 1.80. The van der Waals surface area contributed by atoms with Crippen molar-refractivity contribution < 1.29 is 0 Å². The smallest absolute Gasteiger partial charge is 0.145 e. The van der Waals surface area contributed by atoms with Crippen molar-refractivity contribution in [1.29, 1.82) is 10.5 Å². The molecule has 0 unspecified atom stereocenters. The van der Waals surface area contributed by atoms with Crippen LogP contribution in [0.3, 0.4) is 0 Å². The van der Waals surface area contributed by atoms with E-state index < -0.39 is 0 Å². The van der Waals surface area contributed by atoms with Gasteiger partial charge in [0, 0.05) is 31.0 Å². The summed E-state index contributed by atoms with van der Waals surface area (Å²) in [4.78, 5) is 6.05. The van der Waals surface area contributed by atoms with E-state index in [1.54, 1.807) is 18.3 Å². The summed E-state index contributed by atoms with van der Waals surface area (Å²) in [6.45, 7) is 0.600. The lowest BCUT2D eigenvalue weighted by atomic mass is 10.1. The SMILES string of the molecule is CN(Cc1cccnc1C#N)c1ccc(C#N)cc1. The summed E-state index contributed by atoms with van der Waals surface area (Å²) in [6.07, 6.45) is 1.61. The molecule has 19 heavy (non-hydrogen) atoms. The van der Waals surface area contributed by atoms with Crippen LogP contribution in [0.2, 0.25) is 0 Å². The summed E-state index contributed by atoms with van der Waals surface area (Å²) in [7, 11) is 1.94. The minimum absolute atomic E-state index is 0.447. The highest BCUT2D eigenvalue weighted by Crippen LogP contribution is 2.17. The predicted octanol–water partition coefficient (Wildman–Crippen LogP) is 2.46. The van der Waals surface area contributed by atoms with E-state index in [1.807, 2.05) is 36.2 Å². The third-order valence-electron chi connectivity index (χ3n) is 2.84. The van der Waals surface area contributed by atoms with Crippen molar-refractivity contribution in [3.63, 3.8) is 0 Å². The topological polar surface area (TPSA) is 63.7 Å². The minimum atomic E-state index is 0.447. The predicted molar refractivity (Wildman–Crippen MR) is 72.2 cm³/mol. The van der Waals surface area contributed by atoms with Gasteiger partial charge in [0.05, 0.1) is 11.6 Å². The van der Waals surface area contributed by atoms with E-state index in [4.69, 9.17) is 10.5 Å². The lowest BCUT2D eigenvalue weighted by Gasteiger charge is -2.19. The summed E-state index contributed by atoms with van der Waals surface area (Å²) in [5.74, 6) is 0. The molecule has 2 rings (SSSR count). The Hall–Kier alpha value is -2.85. The number of nitrogens with zero attached hydrogens (tertiary/aromatic N) is 4. The maximum Gasteiger partial charge on any atom is 0.145 e. The van der Waals surface area contributed by atoms with Crippen LogP contribution >= 0.6 is 0 Å². The summed E-state index contributed by atoms with van der Waals surface area (Å²) >= 11 is 0. The van der Waals surface area contributed by atoms with Gasteiger partial charge >= 0.3 is 0 Å². The average molecular weight is 248 g/mol. The number of pyridine rings is 1. The number of anilines is 1. The van der Waals surface area contributed by atoms with Gasteiger partial charge in [0.25, 0.3) is 0 Å². The minimum Gasteiger partial charge on any atom is -0.370 e. The van der Waals surface area contributed by atoms with Crippen LogP contribution in [-0.2, 0) is 6.54 Å². The van der Waals surface area contributed by atoms with Gasteiger partial charge in [0.15, 0.2) is 0 Å². The highest BCUT2D eigenvalue weighted by molar-refractivity contribution is 5.50. The number of hydrogen-bond acceptors (Lipinski definition) is 4. The molecule has 92 valence electrons. The first-order valence-electron chi connectivity index (χ1n) is 5.80. The van der Waals surface area contributed by atoms with Gasteiger partial charge in [-0.25, -0.2) is 4.98 Å². The lowest BCUT2D eigenvalue weighted by Crippen LogP contribution is -2.17. The van der Waals surface area contributed by atoms with Gasteiger partial charge < -0.3 is 4.90 Å². The van der Waals surface area contributed by atoms with Gasteiger partial charge in [-0.1, -0.05) is 6.07 Å². The normalized spacial score (nSPS) is 9.42. The van der Waals surface area contributed by atoms with Crippen LogP contribution in [0, 0.1) is 22.7 Å². The molecule has 4 heteroatoms. The van der Waals surface area contributed by atoms with E-state index in [2.05, 4.69) is 17.1 Å². The van der Waals surface area contributed by atoms with Crippen LogP contribution in [-0.4, -0.2) is 12.0 Å². The molecule has 2 aromatic rings. The van der Waals surface area contributed by atoms with Crippen molar-refractivity contribution in [2.75, 3.05) is 11.9 Å². The molecule has 4 nitrogen and oxygen atoms in total. The van der Waals surface area contributed by atoms with Crippen molar-refractivity contribution in [2.24, 2.45) is 0 Å². The monoisotopic (exact) mass is 248 g/mol. The molecule has 0 saturated heterocycles. The highest BCUT2D eigenvalue weighted by Gasteiger charge is 2.07. The highest BCUT2D eigenvalue weighted by atomic mass is 15.1. The average Bonchev–Trinajstić information content (AvgIpc) is 2.48. The van der Waals surface area contributed by atoms with Crippen molar-refractivity contribution in [3.8, 4) is 12.1 Å². The van der Waals surface area contributed by atoms with Gasteiger partial charge in [-0.2, -0.15) is 10.5 Å². The fraction of sp³-hybridized carbons (Fsp3) is 0.133. The Morgan fingerprint density at radius 1 is 1.11 bits per heavy atom. The Labute approximate surface area is 112 Å². The van der Waals surface area contributed by atoms with Crippen LogP contribution in [0.4, 0.5) is 5.69 Å². The van der Waals surface area contributed by atoms with E-state index in [0.717, 1.165) is 11.3 Å². The Morgan fingerprint density at radius 3 is 2.47 bits per heavy atom. The lowest BCUT2D eigenvalue weighted by molar-refractivity contribution is 0.909. The van der Waals surface area contributed by atoms with Crippen LogP contribution in [0.25, 0.3) is 0 Å². The zero-order valence-corrected chi connectivity index (χ0v) is 10.5. The van der Waals surface area contributed by atoms with Gasteiger partial charge in [-0.05, 0) is 30.3 Å². The molecule has 0 radical (unpaired) electrons. The summed E-state index contributed by atoms with van der Waals surface area (Å²) in [6, 6.07) is 15.2. The molecule has 0 saturated carbocycles. The standard InChI is InChI=1S/C15H12N4/c1-19(14-6-4-12(9-16)5-7-14)11-13-3-2-8-18-15(13)10-17/h2-8H,11H2,1H3. The molecular weight excluding hydrogens is 236 g/mol. The molecule has 0 fully saturated rings. The molecule has 1 heterocycles. The first-order chi connectivity index (χ1) is 9.24. The molecule has 1 aromatic carbocycles. The van der Waals surface area contributed by atoms with Gasteiger partial charge in [-0.3, -0.25) is 0 Å². The van der Waals surface area contributed by atoms with Crippen molar-refractivity contribution in [2.45, 2.75) is 6.54 Å². The Kier molecular flexibility index (Phi) is 3.75. The maximum atomic E-state index is 9.00. The van der Waals surface area contributed by atoms with Crippen molar-refractivity contribution in [3.05, 3.63) is 59.4 Å². The molecule has 0 aliphatic heterocycles. The third kappa shape index (κ3) is 2.88. The van der Waals surface area contributed by atoms with Crippen molar-refractivity contribution >= 4 is 5.69 Å².